The molecular formula is C63H100O6. The van der Waals surface area contributed by atoms with Gasteiger partial charge in [0.05, 0.1) is 0 Å². The van der Waals surface area contributed by atoms with Gasteiger partial charge >= 0.3 is 17.9 Å². The molecule has 0 aromatic heterocycles. The molecule has 1 atom stereocenters. The number of hydrogen-bond acceptors (Lipinski definition) is 6. The van der Waals surface area contributed by atoms with E-state index < -0.39 is 6.10 Å². The minimum Gasteiger partial charge on any atom is -0.462 e. The number of allylic oxidation sites excluding steroid dienone is 22. The molecule has 0 saturated heterocycles. The van der Waals surface area contributed by atoms with Crippen molar-refractivity contribution in [3.8, 4) is 0 Å². The van der Waals surface area contributed by atoms with Crippen LogP contribution in [0.5, 0.6) is 0 Å². The Morgan fingerprint density at radius 3 is 1.09 bits per heavy atom. The van der Waals surface area contributed by atoms with E-state index in [1.807, 2.05) is 24.3 Å². The van der Waals surface area contributed by atoms with Crippen LogP contribution in [-0.4, -0.2) is 37.2 Å². The lowest BCUT2D eigenvalue weighted by atomic mass is 10.1. The van der Waals surface area contributed by atoms with Gasteiger partial charge in [-0.15, -0.1) is 0 Å². The van der Waals surface area contributed by atoms with Gasteiger partial charge in [0, 0.05) is 19.3 Å². The summed E-state index contributed by atoms with van der Waals surface area (Å²) in [4.78, 5) is 38.1. The van der Waals surface area contributed by atoms with Crippen molar-refractivity contribution in [3.05, 3.63) is 134 Å². The Labute approximate surface area is 424 Å². The Balaban J connectivity index is 4.54. The molecule has 1 unspecified atom stereocenters. The molecule has 388 valence electrons. The third-order valence-electron chi connectivity index (χ3n) is 11.2. The average Bonchev–Trinajstić information content (AvgIpc) is 3.35. The van der Waals surface area contributed by atoms with E-state index in [2.05, 4.69) is 130 Å². The predicted molar refractivity (Wildman–Crippen MR) is 297 cm³/mol. The maximum absolute atomic E-state index is 12.9. The highest BCUT2D eigenvalue weighted by atomic mass is 16.6. The van der Waals surface area contributed by atoms with Crippen LogP contribution < -0.4 is 0 Å². The van der Waals surface area contributed by atoms with Gasteiger partial charge in [-0.05, 0) is 109 Å². The Hall–Kier alpha value is -4.45. The van der Waals surface area contributed by atoms with Crippen molar-refractivity contribution in [3.63, 3.8) is 0 Å². The Morgan fingerprint density at radius 2 is 0.652 bits per heavy atom. The highest BCUT2D eigenvalue weighted by molar-refractivity contribution is 5.71. The van der Waals surface area contributed by atoms with Gasteiger partial charge in [0.2, 0.25) is 0 Å². The van der Waals surface area contributed by atoms with E-state index in [1.165, 1.54) is 57.8 Å². The van der Waals surface area contributed by atoms with Crippen LogP contribution in [0.2, 0.25) is 0 Å². The van der Waals surface area contributed by atoms with Gasteiger partial charge in [-0.25, -0.2) is 0 Å². The first kappa shape index (κ1) is 64.5. The molecule has 0 aromatic carbocycles. The van der Waals surface area contributed by atoms with Gasteiger partial charge in [0.15, 0.2) is 6.10 Å². The molecule has 0 aliphatic carbocycles. The van der Waals surface area contributed by atoms with Crippen molar-refractivity contribution in [2.24, 2.45) is 0 Å². The number of rotatable bonds is 48. The highest BCUT2D eigenvalue weighted by Crippen LogP contribution is 2.13. The van der Waals surface area contributed by atoms with Crippen molar-refractivity contribution in [1.29, 1.82) is 0 Å². The van der Waals surface area contributed by atoms with Gasteiger partial charge in [-0.1, -0.05) is 231 Å². The van der Waals surface area contributed by atoms with Crippen LogP contribution in [0.4, 0.5) is 0 Å². The SMILES string of the molecule is CC/C=C\C/C=C\C/C=C\C/C=C\CCCCCC(=O)OCC(COC(=O)CCCCCCC\C=C/C=C\C=C/C=C\C=C/CCC)OC(=O)CCCCCCCCC/C=C\C/C=C\CCCCC. The molecule has 6 nitrogen and oxygen atoms in total. The fourth-order valence-corrected chi connectivity index (χ4v) is 7.08. The smallest absolute Gasteiger partial charge is 0.306 e. The second-order valence-corrected chi connectivity index (χ2v) is 17.9. The molecule has 6 heteroatoms. The molecular weight excluding hydrogens is 853 g/mol. The maximum Gasteiger partial charge on any atom is 0.306 e. The van der Waals surface area contributed by atoms with Crippen molar-refractivity contribution >= 4 is 17.9 Å². The number of hydrogen-bond donors (Lipinski definition) is 0. The lowest BCUT2D eigenvalue weighted by molar-refractivity contribution is -0.167. The van der Waals surface area contributed by atoms with E-state index >= 15 is 0 Å². The molecule has 0 aromatic rings. The zero-order valence-electron chi connectivity index (χ0n) is 44.3. The first-order chi connectivity index (χ1) is 34.0. The summed E-state index contributed by atoms with van der Waals surface area (Å²) < 4.78 is 16.8. The van der Waals surface area contributed by atoms with Crippen LogP contribution in [0, 0.1) is 0 Å². The molecule has 0 rings (SSSR count). The van der Waals surface area contributed by atoms with E-state index in [0.29, 0.717) is 19.3 Å². The van der Waals surface area contributed by atoms with Gasteiger partial charge < -0.3 is 14.2 Å². The molecule has 0 radical (unpaired) electrons. The van der Waals surface area contributed by atoms with E-state index in [1.54, 1.807) is 0 Å². The molecule has 69 heavy (non-hydrogen) atoms. The predicted octanol–water partition coefficient (Wildman–Crippen LogP) is 18.6. The third kappa shape index (κ3) is 54.4. The second kappa shape index (κ2) is 56.1. The summed E-state index contributed by atoms with van der Waals surface area (Å²) >= 11 is 0. The summed E-state index contributed by atoms with van der Waals surface area (Å²) in [5.74, 6) is -0.977. The van der Waals surface area contributed by atoms with Crippen LogP contribution in [0.3, 0.4) is 0 Å². The minimum atomic E-state index is -0.812. The molecule has 0 amide bonds. The minimum absolute atomic E-state index is 0.110. The number of carbonyl (C=O) groups is 3. The Bertz CT molecular complexity index is 1510. The second-order valence-electron chi connectivity index (χ2n) is 17.9. The Morgan fingerprint density at radius 1 is 0.319 bits per heavy atom. The summed E-state index contributed by atoms with van der Waals surface area (Å²) in [6, 6.07) is 0. The number of ether oxygens (including phenoxy) is 3. The first-order valence-corrected chi connectivity index (χ1v) is 27.8. The lowest BCUT2D eigenvalue weighted by Crippen LogP contribution is -2.30. The van der Waals surface area contributed by atoms with Crippen molar-refractivity contribution < 1.29 is 28.6 Å². The summed E-state index contributed by atoms with van der Waals surface area (Å²) in [5, 5.41) is 0. The van der Waals surface area contributed by atoms with E-state index in [4.69, 9.17) is 14.2 Å². The summed E-state index contributed by atoms with van der Waals surface area (Å²) in [6.07, 6.45) is 78.5. The molecule has 0 fully saturated rings. The topological polar surface area (TPSA) is 78.9 Å². The number of carbonyl (C=O) groups excluding carboxylic acids is 3. The zero-order valence-corrected chi connectivity index (χ0v) is 44.3. The molecule has 0 aliphatic rings. The van der Waals surface area contributed by atoms with Gasteiger partial charge in [0.1, 0.15) is 13.2 Å². The van der Waals surface area contributed by atoms with E-state index in [0.717, 1.165) is 128 Å². The Kier molecular flexibility index (Phi) is 52.5. The quantitative estimate of drug-likeness (QED) is 0.0199. The van der Waals surface area contributed by atoms with Crippen molar-refractivity contribution in [1.82, 2.24) is 0 Å². The maximum atomic E-state index is 12.9. The highest BCUT2D eigenvalue weighted by Gasteiger charge is 2.19. The zero-order chi connectivity index (χ0) is 50.0. The largest absolute Gasteiger partial charge is 0.462 e. The number of esters is 3. The van der Waals surface area contributed by atoms with Crippen LogP contribution in [-0.2, 0) is 28.6 Å². The van der Waals surface area contributed by atoms with Crippen molar-refractivity contribution in [2.75, 3.05) is 13.2 Å². The normalized spacial score (nSPS) is 13.1. The molecule has 0 N–H and O–H groups in total. The van der Waals surface area contributed by atoms with Crippen molar-refractivity contribution in [2.45, 2.75) is 232 Å². The molecule has 0 bridgehead atoms. The standard InChI is InChI=1S/C63H100O6/c1-4-7-10-13-16-19-22-25-28-31-33-35-38-41-44-47-50-53-56-62(65)68-59-60(58-67-61(64)55-52-49-46-43-40-37-34-30-27-24-21-18-15-12-9-6-3)69-63(66)57-54-51-48-45-42-39-36-32-29-26-23-20-17-14-11-8-5-2/h9-10,12-13,16-22,25-31,33,35,37,40,60H,4-8,11,14-15,23-24,32,34,36,38-39,41-59H2,1-3H3/b12-9-,13-10-,19-16-,20-17-,21-18-,25-22-,29-26-,30-27-,31-28-,35-33-,40-37-. The summed E-state index contributed by atoms with van der Waals surface area (Å²) in [6.45, 7) is 6.34. The fraction of sp³-hybridized carbons (Fsp3) is 0.603. The fourth-order valence-electron chi connectivity index (χ4n) is 7.08. The lowest BCUT2D eigenvalue weighted by Gasteiger charge is -2.18. The molecule has 0 spiro atoms. The van der Waals surface area contributed by atoms with Crippen LogP contribution in [0.25, 0.3) is 0 Å². The van der Waals surface area contributed by atoms with E-state index in [-0.39, 0.29) is 31.1 Å². The first-order valence-electron chi connectivity index (χ1n) is 27.8. The van der Waals surface area contributed by atoms with Crippen LogP contribution >= 0.6 is 0 Å². The molecule has 0 heterocycles. The van der Waals surface area contributed by atoms with Crippen LogP contribution in [0.1, 0.15) is 226 Å². The number of unbranched alkanes of at least 4 members (excludes halogenated alkanes) is 19. The van der Waals surface area contributed by atoms with Gasteiger partial charge in [-0.3, -0.25) is 14.4 Å². The van der Waals surface area contributed by atoms with E-state index in [9.17, 15) is 14.4 Å². The average molecular weight is 953 g/mol. The molecule has 0 aliphatic heterocycles. The van der Waals surface area contributed by atoms with Gasteiger partial charge in [0.25, 0.3) is 0 Å². The molecule has 0 saturated carbocycles. The summed E-state index contributed by atoms with van der Waals surface area (Å²) in [5.41, 5.74) is 0. The monoisotopic (exact) mass is 953 g/mol. The third-order valence-corrected chi connectivity index (χ3v) is 11.2. The summed E-state index contributed by atoms with van der Waals surface area (Å²) in [7, 11) is 0. The van der Waals surface area contributed by atoms with Crippen LogP contribution in [0.15, 0.2) is 134 Å². The van der Waals surface area contributed by atoms with Gasteiger partial charge in [-0.2, -0.15) is 0 Å².